The van der Waals surface area contributed by atoms with Gasteiger partial charge in [0, 0.05) is 22.7 Å². The van der Waals surface area contributed by atoms with Gasteiger partial charge < -0.3 is 9.72 Å². The van der Waals surface area contributed by atoms with E-state index in [0.717, 1.165) is 10.1 Å². The number of nitrogens with one attached hydrogen (secondary N) is 2. The maximum atomic E-state index is 15.0. The monoisotopic (exact) mass is 413 g/mol. The average Bonchev–Trinajstić information content (AvgIpc) is 3.34. The van der Waals surface area contributed by atoms with Crippen LogP contribution >= 0.6 is 0 Å². The lowest BCUT2D eigenvalue weighted by Crippen LogP contribution is -2.55. The molecule has 0 saturated heterocycles. The van der Waals surface area contributed by atoms with Gasteiger partial charge in [-0.2, -0.15) is 18.4 Å². The smallest absolute Gasteiger partial charge is 0.418 e. The van der Waals surface area contributed by atoms with Crippen LogP contribution in [-0.2, 0) is 5.54 Å². The quantitative estimate of drug-likeness (QED) is 0.526. The number of halogens is 3. The summed E-state index contributed by atoms with van der Waals surface area (Å²) in [6, 6.07) is 9.55. The molecule has 9 heteroatoms. The van der Waals surface area contributed by atoms with Crippen LogP contribution in [0.3, 0.4) is 0 Å². The first-order valence-corrected chi connectivity index (χ1v) is 9.09. The van der Waals surface area contributed by atoms with Crippen LogP contribution in [0.25, 0.3) is 21.9 Å². The number of aromatic amines is 1. The Morgan fingerprint density at radius 2 is 1.97 bits per heavy atom. The summed E-state index contributed by atoms with van der Waals surface area (Å²) in [4.78, 5) is 7.24. The molecule has 0 aliphatic heterocycles. The number of aryl methyl sites for hydroxylation is 1. The number of methoxy groups -OCH3 is 1. The fourth-order valence-corrected chi connectivity index (χ4v) is 4.06. The van der Waals surface area contributed by atoms with Crippen molar-refractivity contribution in [1.29, 1.82) is 5.26 Å². The van der Waals surface area contributed by atoms with Gasteiger partial charge in [-0.05, 0) is 43.8 Å². The number of nitriles is 1. The highest BCUT2D eigenvalue weighted by Crippen LogP contribution is 2.50. The maximum absolute atomic E-state index is 15.0. The second-order valence-corrected chi connectivity index (χ2v) is 6.89. The molecule has 0 saturated carbocycles. The zero-order valence-electron chi connectivity index (χ0n) is 16.4. The highest BCUT2D eigenvalue weighted by molar-refractivity contribution is 5.90. The van der Waals surface area contributed by atoms with Crippen molar-refractivity contribution in [3.8, 4) is 11.9 Å². The summed E-state index contributed by atoms with van der Waals surface area (Å²) in [5.74, 6) is -0.436. The fourth-order valence-electron chi connectivity index (χ4n) is 4.06. The minimum absolute atomic E-state index is 0.0443. The molecule has 0 fully saturated rings. The zero-order valence-corrected chi connectivity index (χ0v) is 16.4. The number of H-pyrrole nitrogens is 1. The number of hydrogen-bond acceptors (Lipinski definition) is 4. The van der Waals surface area contributed by atoms with Crippen LogP contribution in [-0.4, -0.2) is 34.9 Å². The summed E-state index contributed by atoms with van der Waals surface area (Å²) >= 11 is 0. The number of para-hydroxylation sites is 2. The summed E-state index contributed by atoms with van der Waals surface area (Å²) in [7, 11) is 2.52. The molecule has 0 spiro atoms. The molecule has 2 N–H and O–H groups in total. The standard InChI is InChI=1S/C21H18F3N5O/c1-12-10-16(30-3)17(13-8-9-27-18(12)13)20(26-2,21(22,23)24)19-28-14-6-4-5-7-15(14)29(19)11-25/h4-10,26-27H,1-3H3. The van der Waals surface area contributed by atoms with Crippen LogP contribution < -0.4 is 10.1 Å². The maximum Gasteiger partial charge on any atom is 0.418 e. The Hall–Kier alpha value is -3.51. The van der Waals surface area contributed by atoms with E-state index < -0.39 is 17.5 Å². The number of alkyl halides is 3. The third-order valence-electron chi connectivity index (χ3n) is 5.40. The van der Waals surface area contributed by atoms with Crippen molar-refractivity contribution >= 4 is 21.9 Å². The van der Waals surface area contributed by atoms with Gasteiger partial charge in [-0.25, -0.2) is 9.55 Å². The third kappa shape index (κ3) is 2.50. The number of nitrogens with zero attached hydrogens (tertiary/aromatic N) is 3. The van der Waals surface area contributed by atoms with Crippen molar-refractivity contribution in [3.05, 3.63) is 59.5 Å². The fraction of sp³-hybridized carbons (Fsp3) is 0.238. The minimum Gasteiger partial charge on any atom is -0.496 e. The molecule has 0 aliphatic carbocycles. The van der Waals surface area contributed by atoms with Crippen molar-refractivity contribution in [3.63, 3.8) is 0 Å². The van der Waals surface area contributed by atoms with Crippen LogP contribution in [0.15, 0.2) is 42.6 Å². The van der Waals surface area contributed by atoms with Crippen LogP contribution in [0.5, 0.6) is 5.75 Å². The Balaban J connectivity index is 2.23. The molecule has 154 valence electrons. The van der Waals surface area contributed by atoms with E-state index in [-0.39, 0.29) is 22.3 Å². The normalized spacial score (nSPS) is 14.0. The molecule has 0 bridgehead atoms. The van der Waals surface area contributed by atoms with E-state index in [0.29, 0.717) is 10.9 Å². The van der Waals surface area contributed by atoms with E-state index in [1.807, 2.05) is 6.19 Å². The van der Waals surface area contributed by atoms with Gasteiger partial charge >= 0.3 is 6.18 Å². The summed E-state index contributed by atoms with van der Waals surface area (Å²) in [5, 5.41) is 12.5. The molecule has 30 heavy (non-hydrogen) atoms. The van der Waals surface area contributed by atoms with Crippen LogP contribution in [0, 0.1) is 18.4 Å². The van der Waals surface area contributed by atoms with Gasteiger partial charge in [0.1, 0.15) is 5.75 Å². The van der Waals surface area contributed by atoms with Gasteiger partial charge in [-0.15, -0.1) is 0 Å². The van der Waals surface area contributed by atoms with E-state index in [1.165, 1.54) is 14.2 Å². The van der Waals surface area contributed by atoms with Crippen molar-refractivity contribution < 1.29 is 17.9 Å². The average molecular weight is 413 g/mol. The first-order valence-electron chi connectivity index (χ1n) is 9.09. The van der Waals surface area contributed by atoms with Crippen LogP contribution in [0.1, 0.15) is 17.0 Å². The number of benzene rings is 2. The van der Waals surface area contributed by atoms with E-state index in [9.17, 15) is 18.4 Å². The van der Waals surface area contributed by atoms with Crippen molar-refractivity contribution in [2.24, 2.45) is 0 Å². The van der Waals surface area contributed by atoms with E-state index in [4.69, 9.17) is 4.74 Å². The summed E-state index contributed by atoms with van der Waals surface area (Å²) < 4.78 is 51.2. The lowest BCUT2D eigenvalue weighted by atomic mass is 9.84. The van der Waals surface area contributed by atoms with Gasteiger partial charge in [-0.1, -0.05) is 12.1 Å². The summed E-state index contributed by atoms with van der Waals surface area (Å²) in [6.07, 6.45) is -1.43. The number of hydrogen-bond donors (Lipinski definition) is 2. The van der Waals surface area contributed by atoms with Crippen LogP contribution in [0.2, 0.25) is 0 Å². The Bertz CT molecular complexity index is 1300. The Morgan fingerprint density at radius 3 is 2.60 bits per heavy atom. The predicted octanol–water partition coefficient (Wildman–Crippen LogP) is 4.19. The largest absolute Gasteiger partial charge is 0.496 e. The number of aromatic nitrogens is 3. The molecule has 2 heterocycles. The van der Waals surface area contributed by atoms with Crippen molar-refractivity contribution in [1.82, 2.24) is 19.9 Å². The molecule has 0 radical (unpaired) electrons. The van der Waals surface area contributed by atoms with E-state index >= 15 is 0 Å². The number of ether oxygens (including phenoxy) is 1. The second-order valence-electron chi connectivity index (χ2n) is 6.89. The molecule has 2 aromatic heterocycles. The van der Waals surface area contributed by atoms with Gasteiger partial charge in [0.2, 0.25) is 5.54 Å². The topological polar surface area (TPSA) is 78.7 Å². The number of imidazole rings is 1. The van der Waals surface area contributed by atoms with Gasteiger partial charge in [-0.3, -0.25) is 5.32 Å². The highest BCUT2D eigenvalue weighted by atomic mass is 19.4. The highest BCUT2D eigenvalue weighted by Gasteiger charge is 2.61. The van der Waals surface area contributed by atoms with Crippen molar-refractivity contribution in [2.45, 2.75) is 18.6 Å². The first-order chi connectivity index (χ1) is 14.3. The first kappa shape index (κ1) is 19.8. The molecule has 1 atom stereocenters. The number of rotatable bonds is 4. The SMILES string of the molecule is CNC(c1c(OC)cc(C)c2[nH]ccc12)(c1nc2ccccc2n1C#N)C(F)(F)F. The van der Waals surface area contributed by atoms with E-state index in [1.54, 1.807) is 49.5 Å². The molecule has 4 aromatic rings. The molecular weight excluding hydrogens is 395 g/mol. The molecule has 0 aliphatic rings. The molecule has 2 aromatic carbocycles. The Morgan fingerprint density at radius 1 is 1.23 bits per heavy atom. The van der Waals surface area contributed by atoms with Gasteiger partial charge in [0.25, 0.3) is 0 Å². The molecule has 6 nitrogen and oxygen atoms in total. The van der Waals surface area contributed by atoms with Crippen molar-refractivity contribution in [2.75, 3.05) is 14.2 Å². The molecule has 1 unspecified atom stereocenters. The predicted molar refractivity (Wildman–Crippen MR) is 106 cm³/mol. The molecule has 4 rings (SSSR count). The number of fused-ring (bicyclic) bond motifs is 2. The van der Waals surface area contributed by atoms with Crippen LogP contribution in [0.4, 0.5) is 13.2 Å². The molecular formula is C21H18F3N5O. The van der Waals surface area contributed by atoms with Gasteiger partial charge in [0.05, 0.1) is 18.1 Å². The minimum atomic E-state index is -4.86. The zero-order chi connectivity index (χ0) is 21.7. The second kappa shape index (κ2) is 6.78. The van der Waals surface area contributed by atoms with Gasteiger partial charge in [0.15, 0.2) is 12.0 Å². The molecule has 0 amide bonds. The lowest BCUT2D eigenvalue weighted by molar-refractivity contribution is -0.188. The third-order valence-corrected chi connectivity index (χ3v) is 5.40. The Labute approximate surface area is 169 Å². The Kier molecular flexibility index (Phi) is 4.47. The lowest BCUT2D eigenvalue weighted by Gasteiger charge is -2.36. The summed E-state index contributed by atoms with van der Waals surface area (Å²) in [5.41, 5.74) is -1.11. The summed E-state index contributed by atoms with van der Waals surface area (Å²) in [6.45, 7) is 1.78. The van der Waals surface area contributed by atoms with E-state index in [2.05, 4.69) is 15.3 Å².